The number of amides is 2. The van der Waals surface area contributed by atoms with Crippen LogP contribution in [0.4, 0.5) is 4.79 Å². The lowest BCUT2D eigenvalue weighted by atomic mass is 10.3. The van der Waals surface area contributed by atoms with Crippen molar-refractivity contribution in [2.45, 2.75) is 6.92 Å². The van der Waals surface area contributed by atoms with Gasteiger partial charge in [0, 0.05) is 4.88 Å². The SMILES string of the molecule is Cc1ccsc1C=C1SC(=O)NC1=O. The topological polar surface area (TPSA) is 46.2 Å². The molecule has 0 aliphatic carbocycles. The maximum Gasteiger partial charge on any atom is 0.290 e. The first-order valence-electron chi connectivity index (χ1n) is 3.96. The second kappa shape index (κ2) is 3.59. The number of aryl methyl sites for hydroxylation is 1. The van der Waals surface area contributed by atoms with Crippen molar-refractivity contribution in [3.63, 3.8) is 0 Å². The molecule has 2 heterocycles. The first kappa shape index (κ1) is 9.48. The predicted octanol–water partition coefficient (Wildman–Crippen LogP) is 2.38. The first-order valence-corrected chi connectivity index (χ1v) is 5.65. The molecule has 0 unspecified atom stereocenters. The number of thiophene rings is 1. The highest BCUT2D eigenvalue weighted by molar-refractivity contribution is 8.18. The third kappa shape index (κ3) is 1.73. The van der Waals surface area contributed by atoms with Crippen LogP contribution in [-0.4, -0.2) is 11.1 Å². The Hall–Kier alpha value is -1.07. The molecule has 1 N–H and O–H groups in total. The van der Waals surface area contributed by atoms with Crippen molar-refractivity contribution in [1.82, 2.24) is 5.32 Å². The fourth-order valence-electron chi connectivity index (χ4n) is 1.07. The number of hydrogen-bond donors (Lipinski definition) is 1. The average Bonchev–Trinajstić information content (AvgIpc) is 2.62. The van der Waals surface area contributed by atoms with Crippen molar-refractivity contribution in [3.8, 4) is 0 Å². The molecular formula is C9H7NO2S2. The quantitative estimate of drug-likeness (QED) is 0.746. The molecule has 1 aromatic rings. The van der Waals surface area contributed by atoms with E-state index >= 15 is 0 Å². The van der Waals surface area contributed by atoms with Crippen LogP contribution in [0.2, 0.25) is 0 Å². The molecule has 1 fully saturated rings. The number of hydrogen-bond acceptors (Lipinski definition) is 4. The zero-order valence-corrected chi connectivity index (χ0v) is 9.00. The van der Waals surface area contributed by atoms with Crippen LogP contribution in [-0.2, 0) is 4.79 Å². The Morgan fingerprint density at radius 2 is 2.21 bits per heavy atom. The van der Waals surface area contributed by atoms with E-state index in [1.165, 1.54) is 0 Å². The lowest BCUT2D eigenvalue weighted by Crippen LogP contribution is -2.17. The lowest BCUT2D eigenvalue weighted by molar-refractivity contribution is -0.115. The Bertz CT molecular complexity index is 434. The molecule has 0 atom stereocenters. The molecule has 3 nitrogen and oxygen atoms in total. The summed E-state index contributed by atoms with van der Waals surface area (Å²) in [7, 11) is 0. The summed E-state index contributed by atoms with van der Waals surface area (Å²) in [6.07, 6.45) is 1.75. The highest BCUT2D eigenvalue weighted by Gasteiger charge is 2.25. The number of thioether (sulfide) groups is 1. The average molecular weight is 225 g/mol. The maximum absolute atomic E-state index is 11.2. The van der Waals surface area contributed by atoms with Crippen molar-refractivity contribution in [2.24, 2.45) is 0 Å². The minimum atomic E-state index is -0.298. The second-order valence-corrected chi connectivity index (χ2v) is 4.78. The van der Waals surface area contributed by atoms with Crippen molar-refractivity contribution >= 4 is 40.3 Å². The van der Waals surface area contributed by atoms with E-state index in [1.54, 1.807) is 17.4 Å². The third-order valence-electron chi connectivity index (χ3n) is 1.81. The smallest absolute Gasteiger partial charge is 0.282 e. The van der Waals surface area contributed by atoms with Crippen molar-refractivity contribution in [3.05, 3.63) is 26.8 Å². The number of imide groups is 1. The monoisotopic (exact) mass is 225 g/mol. The Morgan fingerprint density at radius 1 is 1.43 bits per heavy atom. The highest BCUT2D eigenvalue weighted by atomic mass is 32.2. The summed E-state index contributed by atoms with van der Waals surface area (Å²) in [5, 5.41) is 3.88. The highest BCUT2D eigenvalue weighted by Crippen LogP contribution is 2.28. The van der Waals surface area contributed by atoms with Gasteiger partial charge in [0.05, 0.1) is 4.91 Å². The molecule has 0 bridgehead atoms. The first-order chi connectivity index (χ1) is 6.66. The minimum absolute atomic E-state index is 0.296. The lowest BCUT2D eigenvalue weighted by Gasteiger charge is -1.91. The predicted molar refractivity (Wildman–Crippen MR) is 58.2 cm³/mol. The van der Waals surface area contributed by atoms with E-state index in [0.717, 1.165) is 22.2 Å². The van der Waals surface area contributed by atoms with Gasteiger partial charge >= 0.3 is 0 Å². The van der Waals surface area contributed by atoms with E-state index in [0.29, 0.717) is 4.91 Å². The standard InChI is InChI=1S/C9H7NO2S2/c1-5-2-3-13-6(5)4-7-8(11)10-9(12)14-7/h2-4H,1H3,(H,10,11,12). The summed E-state index contributed by atoms with van der Waals surface area (Å²) in [6, 6.07) is 1.98. The fourth-order valence-corrected chi connectivity index (χ4v) is 2.67. The summed E-state index contributed by atoms with van der Waals surface area (Å²) in [6.45, 7) is 1.97. The number of nitrogens with one attached hydrogen (secondary N) is 1. The van der Waals surface area contributed by atoms with E-state index in [4.69, 9.17) is 0 Å². The maximum atomic E-state index is 11.2. The van der Waals surface area contributed by atoms with Crippen LogP contribution >= 0.6 is 23.1 Å². The second-order valence-electron chi connectivity index (χ2n) is 2.82. The Labute approximate surface area is 89.2 Å². The van der Waals surface area contributed by atoms with Crippen LogP contribution in [0.3, 0.4) is 0 Å². The molecule has 1 saturated heterocycles. The molecule has 14 heavy (non-hydrogen) atoms. The van der Waals surface area contributed by atoms with Crippen molar-refractivity contribution in [1.29, 1.82) is 0 Å². The summed E-state index contributed by atoms with van der Waals surface area (Å²) >= 11 is 2.51. The molecule has 1 aromatic heterocycles. The van der Waals surface area contributed by atoms with E-state index < -0.39 is 0 Å². The van der Waals surface area contributed by atoms with Gasteiger partial charge in [-0.1, -0.05) is 0 Å². The van der Waals surface area contributed by atoms with E-state index in [9.17, 15) is 9.59 Å². The van der Waals surface area contributed by atoms with Crippen LogP contribution in [0.15, 0.2) is 16.4 Å². The van der Waals surface area contributed by atoms with Crippen LogP contribution in [0.5, 0.6) is 0 Å². The number of carbonyl (C=O) groups excluding carboxylic acids is 2. The fraction of sp³-hybridized carbons (Fsp3) is 0.111. The van der Waals surface area contributed by atoms with Gasteiger partial charge in [-0.3, -0.25) is 14.9 Å². The van der Waals surface area contributed by atoms with Gasteiger partial charge in [-0.2, -0.15) is 0 Å². The Kier molecular flexibility index (Phi) is 2.43. The van der Waals surface area contributed by atoms with E-state index in [1.807, 2.05) is 18.4 Å². The molecule has 0 radical (unpaired) electrons. The van der Waals surface area contributed by atoms with Gasteiger partial charge in [0.15, 0.2) is 0 Å². The number of rotatable bonds is 1. The molecule has 1 aliphatic rings. The van der Waals surface area contributed by atoms with Gasteiger partial charge in [0.25, 0.3) is 11.1 Å². The molecule has 5 heteroatoms. The largest absolute Gasteiger partial charge is 0.290 e. The molecular weight excluding hydrogens is 218 g/mol. The van der Waals surface area contributed by atoms with Crippen LogP contribution in [0.25, 0.3) is 6.08 Å². The zero-order chi connectivity index (χ0) is 10.1. The van der Waals surface area contributed by atoms with Gasteiger partial charge in [-0.05, 0) is 41.8 Å². The Balaban J connectivity index is 2.32. The normalized spacial score (nSPS) is 19.1. The molecule has 0 saturated carbocycles. The van der Waals surface area contributed by atoms with Gasteiger partial charge in [-0.25, -0.2) is 0 Å². The summed E-state index contributed by atoms with van der Waals surface area (Å²) in [5.41, 5.74) is 1.12. The molecule has 2 amide bonds. The summed E-state index contributed by atoms with van der Waals surface area (Å²) < 4.78 is 0. The zero-order valence-electron chi connectivity index (χ0n) is 7.37. The molecule has 0 aromatic carbocycles. The van der Waals surface area contributed by atoms with E-state index in [2.05, 4.69) is 5.32 Å². The minimum Gasteiger partial charge on any atom is -0.282 e. The summed E-state index contributed by atoms with van der Waals surface area (Å²) in [4.78, 5) is 23.6. The molecule has 2 rings (SSSR count). The van der Waals surface area contributed by atoms with Gasteiger partial charge in [0.1, 0.15) is 0 Å². The third-order valence-corrected chi connectivity index (χ3v) is 3.58. The van der Waals surface area contributed by atoms with Crippen molar-refractivity contribution < 1.29 is 9.59 Å². The Morgan fingerprint density at radius 3 is 2.71 bits per heavy atom. The van der Waals surface area contributed by atoms with Crippen molar-refractivity contribution in [2.75, 3.05) is 0 Å². The van der Waals surface area contributed by atoms with Gasteiger partial charge in [-0.15, -0.1) is 11.3 Å². The van der Waals surface area contributed by atoms with Gasteiger partial charge < -0.3 is 0 Å². The number of carbonyl (C=O) groups is 2. The molecule has 0 spiro atoms. The van der Waals surface area contributed by atoms with Crippen LogP contribution in [0.1, 0.15) is 10.4 Å². The molecule has 1 aliphatic heterocycles. The van der Waals surface area contributed by atoms with Crippen LogP contribution in [0, 0.1) is 6.92 Å². The van der Waals surface area contributed by atoms with Crippen LogP contribution < -0.4 is 5.32 Å². The molecule has 72 valence electrons. The van der Waals surface area contributed by atoms with Gasteiger partial charge in [0.2, 0.25) is 0 Å². The van der Waals surface area contributed by atoms with E-state index in [-0.39, 0.29) is 11.1 Å². The summed E-state index contributed by atoms with van der Waals surface area (Å²) in [5.74, 6) is -0.298.